The summed E-state index contributed by atoms with van der Waals surface area (Å²) in [7, 11) is 1.00. The van der Waals surface area contributed by atoms with Crippen molar-refractivity contribution in [1.29, 1.82) is 0 Å². The first-order chi connectivity index (χ1) is 10.1. The quantitative estimate of drug-likeness (QED) is 0.758. The van der Waals surface area contributed by atoms with Gasteiger partial charge in [0.15, 0.2) is 0 Å². The first-order valence-electron chi connectivity index (χ1n) is 6.81. The van der Waals surface area contributed by atoms with Gasteiger partial charge < -0.3 is 10.4 Å². The van der Waals surface area contributed by atoms with Crippen LogP contribution in [0.4, 0.5) is 5.69 Å². The van der Waals surface area contributed by atoms with E-state index in [9.17, 15) is 18.3 Å². The van der Waals surface area contributed by atoms with Crippen LogP contribution < -0.4 is 5.32 Å². The smallest absolute Gasteiger partial charge is 0.242 e. The summed E-state index contributed by atoms with van der Waals surface area (Å²) in [6.45, 7) is 4.05. The Morgan fingerprint density at radius 1 is 1.27 bits per heavy atom. The van der Waals surface area contributed by atoms with Gasteiger partial charge in [-0.2, -0.15) is 0 Å². The van der Waals surface area contributed by atoms with E-state index >= 15 is 0 Å². The van der Waals surface area contributed by atoms with Crippen molar-refractivity contribution in [2.24, 2.45) is 0 Å². The number of amides is 1. The SMILES string of the molecule is CC(C)N(C)CC(=O)Nc1cc(S(=O)(=O)N(C)C)ccc1O. The maximum Gasteiger partial charge on any atom is 0.242 e. The third-order valence-electron chi connectivity index (χ3n) is 3.30. The second-order valence-electron chi connectivity index (χ2n) is 5.52. The molecule has 0 atom stereocenters. The topological polar surface area (TPSA) is 90.0 Å². The first-order valence-corrected chi connectivity index (χ1v) is 8.25. The minimum absolute atomic E-state index is 0.00261. The van der Waals surface area contributed by atoms with E-state index in [4.69, 9.17) is 0 Å². The van der Waals surface area contributed by atoms with Crippen molar-refractivity contribution in [3.05, 3.63) is 18.2 Å². The molecule has 1 aromatic rings. The number of benzene rings is 1. The number of carbonyl (C=O) groups excluding carboxylic acids is 1. The minimum Gasteiger partial charge on any atom is -0.506 e. The predicted molar refractivity (Wildman–Crippen MR) is 85.4 cm³/mol. The molecule has 22 heavy (non-hydrogen) atoms. The van der Waals surface area contributed by atoms with Gasteiger partial charge in [-0.1, -0.05) is 0 Å². The summed E-state index contributed by atoms with van der Waals surface area (Å²) >= 11 is 0. The second-order valence-corrected chi connectivity index (χ2v) is 7.68. The molecule has 124 valence electrons. The highest BCUT2D eigenvalue weighted by atomic mass is 32.2. The Labute approximate surface area is 131 Å². The lowest BCUT2D eigenvalue weighted by Gasteiger charge is -2.20. The highest BCUT2D eigenvalue weighted by molar-refractivity contribution is 7.89. The van der Waals surface area contributed by atoms with E-state index in [0.29, 0.717) is 0 Å². The highest BCUT2D eigenvalue weighted by Crippen LogP contribution is 2.27. The lowest BCUT2D eigenvalue weighted by Crippen LogP contribution is -2.34. The van der Waals surface area contributed by atoms with Gasteiger partial charge in [-0.3, -0.25) is 9.69 Å². The van der Waals surface area contributed by atoms with E-state index < -0.39 is 10.0 Å². The Bertz CT molecular complexity index is 641. The molecule has 0 aromatic heterocycles. The molecule has 0 heterocycles. The van der Waals surface area contributed by atoms with Crippen LogP contribution in [0.25, 0.3) is 0 Å². The molecule has 0 unspecified atom stereocenters. The zero-order valence-electron chi connectivity index (χ0n) is 13.5. The number of hydrogen-bond acceptors (Lipinski definition) is 5. The highest BCUT2D eigenvalue weighted by Gasteiger charge is 2.19. The molecule has 0 aliphatic carbocycles. The van der Waals surface area contributed by atoms with E-state index in [2.05, 4.69) is 5.32 Å². The number of rotatable bonds is 6. The third kappa shape index (κ3) is 4.43. The number of anilines is 1. The fraction of sp³-hybridized carbons (Fsp3) is 0.500. The van der Waals surface area contributed by atoms with Crippen molar-refractivity contribution in [2.75, 3.05) is 33.0 Å². The van der Waals surface area contributed by atoms with Crippen LogP contribution in [0.15, 0.2) is 23.1 Å². The maximum absolute atomic E-state index is 12.1. The molecule has 1 aromatic carbocycles. The number of nitrogens with one attached hydrogen (secondary N) is 1. The summed E-state index contributed by atoms with van der Waals surface area (Å²) in [5, 5.41) is 12.3. The van der Waals surface area contributed by atoms with E-state index in [1.165, 1.54) is 32.3 Å². The molecule has 0 radical (unpaired) electrons. The van der Waals surface area contributed by atoms with Gasteiger partial charge in [0.05, 0.1) is 17.1 Å². The first kappa shape index (κ1) is 18.4. The van der Waals surface area contributed by atoms with Crippen molar-refractivity contribution in [3.63, 3.8) is 0 Å². The number of likely N-dealkylation sites (N-methyl/N-ethyl adjacent to an activating group) is 1. The fourth-order valence-corrected chi connectivity index (χ4v) is 2.51. The summed E-state index contributed by atoms with van der Waals surface area (Å²) < 4.78 is 25.2. The zero-order chi connectivity index (χ0) is 17.1. The molecule has 0 saturated carbocycles. The van der Waals surface area contributed by atoms with E-state index in [1.54, 1.807) is 7.05 Å². The molecule has 0 spiro atoms. The summed E-state index contributed by atoms with van der Waals surface area (Å²) in [4.78, 5) is 13.8. The Balaban J connectivity index is 2.99. The fourth-order valence-electron chi connectivity index (χ4n) is 1.59. The molecule has 8 heteroatoms. The predicted octanol–water partition coefficient (Wildman–Crippen LogP) is 0.921. The number of aromatic hydroxyl groups is 1. The Morgan fingerprint density at radius 3 is 2.36 bits per heavy atom. The molecule has 7 nitrogen and oxygen atoms in total. The number of nitrogens with zero attached hydrogens (tertiary/aromatic N) is 2. The van der Waals surface area contributed by atoms with E-state index in [1.807, 2.05) is 18.7 Å². The van der Waals surface area contributed by atoms with Crippen LogP contribution in [0.1, 0.15) is 13.8 Å². The lowest BCUT2D eigenvalue weighted by atomic mass is 10.3. The van der Waals surface area contributed by atoms with Gasteiger partial charge in [-0.25, -0.2) is 12.7 Å². The van der Waals surface area contributed by atoms with Crippen molar-refractivity contribution < 1.29 is 18.3 Å². The Morgan fingerprint density at radius 2 is 1.86 bits per heavy atom. The lowest BCUT2D eigenvalue weighted by molar-refractivity contribution is -0.117. The zero-order valence-corrected chi connectivity index (χ0v) is 14.3. The molecule has 0 saturated heterocycles. The standard InChI is InChI=1S/C14H23N3O4S/c1-10(2)17(5)9-14(19)15-12-8-11(6-7-13(12)18)22(20,21)16(3)4/h6-8,10,18H,9H2,1-5H3,(H,15,19). The van der Waals surface area contributed by atoms with Crippen LogP contribution in [0.5, 0.6) is 5.75 Å². The summed E-state index contributed by atoms with van der Waals surface area (Å²) in [6.07, 6.45) is 0. The summed E-state index contributed by atoms with van der Waals surface area (Å²) in [5.41, 5.74) is 0.0741. The number of sulfonamides is 1. The van der Waals surface area contributed by atoms with Crippen molar-refractivity contribution in [1.82, 2.24) is 9.21 Å². The van der Waals surface area contributed by atoms with Gasteiger partial charge in [0.25, 0.3) is 0 Å². The molecule has 0 aliphatic rings. The van der Waals surface area contributed by atoms with Crippen LogP contribution in [0.3, 0.4) is 0 Å². The van der Waals surface area contributed by atoms with E-state index in [0.717, 1.165) is 4.31 Å². The van der Waals surface area contributed by atoms with Gasteiger partial charge in [0.2, 0.25) is 15.9 Å². The van der Waals surface area contributed by atoms with Gasteiger partial charge in [0, 0.05) is 20.1 Å². The van der Waals surface area contributed by atoms with Crippen LogP contribution in [-0.2, 0) is 14.8 Å². The number of phenolic OH excluding ortho intramolecular Hbond substituents is 1. The largest absolute Gasteiger partial charge is 0.506 e. The number of phenols is 1. The van der Waals surface area contributed by atoms with Gasteiger partial charge in [0.1, 0.15) is 5.75 Å². The number of carbonyl (C=O) groups is 1. The molecule has 0 bridgehead atoms. The van der Waals surface area contributed by atoms with E-state index in [-0.39, 0.29) is 34.8 Å². The molecule has 2 N–H and O–H groups in total. The third-order valence-corrected chi connectivity index (χ3v) is 5.11. The maximum atomic E-state index is 12.1. The van der Waals surface area contributed by atoms with Crippen molar-refractivity contribution in [2.45, 2.75) is 24.8 Å². The second kappa shape index (κ2) is 7.08. The van der Waals surface area contributed by atoms with Gasteiger partial charge in [-0.05, 0) is 39.1 Å². The summed E-state index contributed by atoms with van der Waals surface area (Å²) in [5.74, 6) is -0.510. The normalized spacial score (nSPS) is 12.2. The average Bonchev–Trinajstić information content (AvgIpc) is 2.40. The molecular weight excluding hydrogens is 306 g/mol. The Hall–Kier alpha value is -1.64. The summed E-state index contributed by atoms with van der Waals surface area (Å²) in [6, 6.07) is 3.98. The van der Waals surface area contributed by atoms with Crippen LogP contribution in [0, 0.1) is 0 Å². The molecule has 1 amide bonds. The van der Waals surface area contributed by atoms with Crippen molar-refractivity contribution in [3.8, 4) is 5.75 Å². The number of hydrogen-bond donors (Lipinski definition) is 2. The molecule has 0 fully saturated rings. The monoisotopic (exact) mass is 329 g/mol. The molecular formula is C14H23N3O4S. The minimum atomic E-state index is -3.63. The molecule has 0 aliphatic heterocycles. The van der Waals surface area contributed by atoms with Gasteiger partial charge in [-0.15, -0.1) is 0 Å². The van der Waals surface area contributed by atoms with Gasteiger partial charge >= 0.3 is 0 Å². The Kier molecular flexibility index (Phi) is 5.92. The van der Waals surface area contributed by atoms with Crippen LogP contribution in [0.2, 0.25) is 0 Å². The van der Waals surface area contributed by atoms with Crippen molar-refractivity contribution >= 4 is 21.6 Å². The van der Waals surface area contributed by atoms with Crippen LogP contribution in [-0.4, -0.2) is 62.4 Å². The molecule has 1 rings (SSSR count). The average molecular weight is 329 g/mol. The van der Waals surface area contributed by atoms with Crippen LogP contribution >= 0.6 is 0 Å².